The molecule has 1 saturated heterocycles. The molecule has 3 rings (SSSR count). The topological polar surface area (TPSA) is 102 Å². The highest BCUT2D eigenvalue weighted by molar-refractivity contribution is 5.37. The molecule has 0 amide bonds. The molecule has 0 unspecified atom stereocenters. The van der Waals surface area contributed by atoms with Crippen LogP contribution in [0.2, 0.25) is 0 Å². The Morgan fingerprint density at radius 3 is 2.70 bits per heavy atom. The number of nitrogens with two attached hydrogens (primary N) is 1. The van der Waals surface area contributed by atoms with Gasteiger partial charge in [0, 0.05) is 19.6 Å². The number of nitrogens with zero attached hydrogens (tertiary/aromatic N) is 8. The Morgan fingerprint density at radius 2 is 1.90 bits per heavy atom. The lowest BCUT2D eigenvalue weighted by molar-refractivity contribution is 0.360. The minimum absolute atomic E-state index is 0.193. The van der Waals surface area contributed by atoms with E-state index in [1.54, 1.807) is 0 Å². The maximum Gasteiger partial charge on any atom is 0.258 e. The minimum atomic E-state index is 0.193. The zero-order chi connectivity index (χ0) is 13.9. The predicted octanol–water partition coefficient (Wildman–Crippen LogP) is -0.824. The molecule has 1 aliphatic rings. The van der Waals surface area contributed by atoms with Gasteiger partial charge in [-0.2, -0.15) is 24.7 Å². The third kappa shape index (κ3) is 2.67. The van der Waals surface area contributed by atoms with Crippen LogP contribution in [0.5, 0.6) is 0 Å². The third-order valence-electron chi connectivity index (χ3n) is 3.26. The van der Waals surface area contributed by atoms with E-state index in [2.05, 4.69) is 41.9 Å². The summed E-state index contributed by atoms with van der Waals surface area (Å²) in [5.74, 6) is 1.18. The minimum Gasteiger partial charge on any atom is -0.368 e. The maximum absolute atomic E-state index is 5.78. The van der Waals surface area contributed by atoms with Crippen molar-refractivity contribution in [2.24, 2.45) is 0 Å². The number of anilines is 2. The monoisotopic (exact) mass is 275 g/mol. The Morgan fingerprint density at radius 1 is 1.05 bits per heavy atom. The first-order chi connectivity index (χ1) is 9.72. The summed E-state index contributed by atoms with van der Waals surface area (Å²) in [6.45, 7) is 3.83. The van der Waals surface area contributed by atoms with Gasteiger partial charge in [-0.15, -0.1) is 0 Å². The number of hydrogen-bond acceptors (Lipinski definition) is 8. The molecule has 2 N–H and O–H groups in total. The van der Waals surface area contributed by atoms with Crippen LogP contribution >= 0.6 is 0 Å². The Bertz CT molecular complexity index is 567. The Hall–Kier alpha value is -2.29. The quantitative estimate of drug-likeness (QED) is 0.758. The summed E-state index contributed by atoms with van der Waals surface area (Å²) in [7, 11) is 2.12. The van der Waals surface area contributed by atoms with Crippen molar-refractivity contribution in [2.45, 2.75) is 6.42 Å². The molecule has 106 valence electrons. The summed E-state index contributed by atoms with van der Waals surface area (Å²) in [5.41, 5.74) is 5.78. The van der Waals surface area contributed by atoms with Crippen molar-refractivity contribution in [1.82, 2.24) is 34.6 Å². The average molecular weight is 275 g/mol. The van der Waals surface area contributed by atoms with Gasteiger partial charge in [-0.05, 0) is 20.0 Å². The van der Waals surface area contributed by atoms with E-state index in [0.29, 0.717) is 11.9 Å². The number of likely N-dealkylation sites (N-methyl/N-ethyl adjacent to an activating group) is 1. The van der Waals surface area contributed by atoms with E-state index in [4.69, 9.17) is 5.73 Å². The number of nitrogen functional groups attached to an aromatic ring is 1. The third-order valence-corrected chi connectivity index (χ3v) is 3.26. The summed E-state index contributed by atoms with van der Waals surface area (Å²) in [6.07, 6.45) is 4.04. The summed E-state index contributed by atoms with van der Waals surface area (Å²) in [4.78, 5) is 21.1. The van der Waals surface area contributed by atoms with E-state index in [-0.39, 0.29) is 5.95 Å². The van der Waals surface area contributed by atoms with Crippen LogP contribution in [0.25, 0.3) is 5.95 Å². The summed E-state index contributed by atoms with van der Waals surface area (Å²) in [6, 6.07) is 0. The molecule has 0 radical (unpaired) electrons. The van der Waals surface area contributed by atoms with Gasteiger partial charge in [-0.3, -0.25) is 0 Å². The van der Waals surface area contributed by atoms with Gasteiger partial charge >= 0.3 is 0 Å². The SMILES string of the molecule is CN1CCCN(c2nc(N)nc(-n3cncn3)n2)CC1. The van der Waals surface area contributed by atoms with Gasteiger partial charge in [0.25, 0.3) is 5.95 Å². The van der Waals surface area contributed by atoms with E-state index in [0.717, 1.165) is 32.6 Å². The van der Waals surface area contributed by atoms with Crippen molar-refractivity contribution >= 4 is 11.9 Å². The molecule has 0 bridgehead atoms. The van der Waals surface area contributed by atoms with E-state index in [1.807, 2.05) is 0 Å². The second kappa shape index (κ2) is 5.37. The van der Waals surface area contributed by atoms with Crippen molar-refractivity contribution in [3.63, 3.8) is 0 Å². The summed E-state index contributed by atoms with van der Waals surface area (Å²) >= 11 is 0. The molecular weight excluding hydrogens is 258 g/mol. The zero-order valence-corrected chi connectivity index (χ0v) is 11.3. The van der Waals surface area contributed by atoms with E-state index < -0.39 is 0 Å². The second-order valence-electron chi connectivity index (χ2n) is 4.78. The molecule has 20 heavy (non-hydrogen) atoms. The zero-order valence-electron chi connectivity index (χ0n) is 11.3. The summed E-state index contributed by atoms with van der Waals surface area (Å²) in [5, 5.41) is 4.01. The van der Waals surface area contributed by atoms with Crippen LogP contribution in [-0.4, -0.2) is 67.8 Å². The second-order valence-corrected chi connectivity index (χ2v) is 4.78. The van der Waals surface area contributed by atoms with Crippen molar-refractivity contribution in [3.8, 4) is 5.95 Å². The number of hydrogen-bond donors (Lipinski definition) is 1. The maximum atomic E-state index is 5.78. The molecule has 9 heteroatoms. The molecule has 9 nitrogen and oxygen atoms in total. The van der Waals surface area contributed by atoms with Gasteiger partial charge in [0.2, 0.25) is 11.9 Å². The van der Waals surface area contributed by atoms with Crippen molar-refractivity contribution in [1.29, 1.82) is 0 Å². The largest absolute Gasteiger partial charge is 0.368 e. The highest BCUT2D eigenvalue weighted by atomic mass is 15.4. The van der Waals surface area contributed by atoms with Gasteiger partial charge in [-0.25, -0.2) is 4.98 Å². The molecule has 0 aliphatic carbocycles. The van der Waals surface area contributed by atoms with Gasteiger partial charge in [-0.1, -0.05) is 0 Å². The van der Waals surface area contributed by atoms with Gasteiger partial charge < -0.3 is 15.5 Å². The standard InChI is InChI=1S/C11H17N9/c1-18-3-2-4-19(6-5-18)10-15-9(12)16-11(17-10)20-8-13-7-14-20/h7-8H,2-6H2,1H3,(H2,12,15,16,17). The first kappa shape index (κ1) is 12.7. The molecule has 0 atom stereocenters. The van der Waals surface area contributed by atoms with Crippen LogP contribution in [0, 0.1) is 0 Å². The van der Waals surface area contributed by atoms with Gasteiger partial charge in [0.15, 0.2) is 0 Å². The Kier molecular flexibility index (Phi) is 3.42. The Labute approximate surface area is 116 Å². The summed E-state index contributed by atoms with van der Waals surface area (Å²) < 4.78 is 1.48. The molecule has 1 aliphatic heterocycles. The number of aromatic nitrogens is 6. The van der Waals surface area contributed by atoms with Gasteiger partial charge in [0.05, 0.1) is 0 Å². The lowest BCUT2D eigenvalue weighted by Crippen LogP contribution is -2.30. The fourth-order valence-electron chi connectivity index (χ4n) is 2.17. The first-order valence-corrected chi connectivity index (χ1v) is 6.52. The Balaban J connectivity index is 1.89. The highest BCUT2D eigenvalue weighted by Crippen LogP contribution is 2.13. The fourth-order valence-corrected chi connectivity index (χ4v) is 2.17. The van der Waals surface area contributed by atoms with Crippen LogP contribution in [0.4, 0.5) is 11.9 Å². The first-order valence-electron chi connectivity index (χ1n) is 6.52. The average Bonchev–Trinajstić information content (AvgIpc) is 2.88. The van der Waals surface area contributed by atoms with E-state index in [9.17, 15) is 0 Å². The molecule has 0 saturated carbocycles. The van der Waals surface area contributed by atoms with Gasteiger partial charge in [0.1, 0.15) is 12.7 Å². The van der Waals surface area contributed by atoms with E-state index >= 15 is 0 Å². The molecular formula is C11H17N9. The lowest BCUT2D eigenvalue weighted by Gasteiger charge is -2.20. The predicted molar refractivity (Wildman–Crippen MR) is 73.5 cm³/mol. The molecule has 2 aromatic rings. The normalized spacial score (nSPS) is 17.1. The van der Waals surface area contributed by atoms with Crippen molar-refractivity contribution < 1.29 is 0 Å². The number of rotatable bonds is 2. The van der Waals surface area contributed by atoms with Crippen LogP contribution in [0.3, 0.4) is 0 Å². The molecule has 0 aromatic carbocycles. The fraction of sp³-hybridized carbons (Fsp3) is 0.545. The molecule has 2 aromatic heterocycles. The van der Waals surface area contributed by atoms with Crippen molar-refractivity contribution in [3.05, 3.63) is 12.7 Å². The van der Waals surface area contributed by atoms with Crippen LogP contribution in [0.15, 0.2) is 12.7 Å². The molecule has 0 spiro atoms. The van der Waals surface area contributed by atoms with Crippen molar-refractivity contribution in [2.75, 3.05) is 43.9 Å². The van der Waals surface area contributed by atoms with Crippen LogP contribution < -0.4 is 10.6 Å². The van der Waals surface area contributed by atoms with E-state index in [1.165, 1.54) is 17.3 Å². The molecule has 1 fully saturated rings. The van der Waals surface area contributed by atoms with Crippen LogP contribution in [-0.2, 0) is 0 Å². The smallest absolute Gasteiger partial charge is 0.258 e. The van der Waals surface area contributed by atoms with Crippen LogP contribution in [0.1, 0.15) is 6.42 Å². The highest BCUT2D eigenvalue weighted by Gasteiger charge is 2.17. The lowest BCUT2D eigenvalue weighted by atomic mass is 10.4. The molecule has 3 heterocycles.